The molecule has 3 rings (SSSR count). The van der Waals surface area contributed by atoms with E-state index in [9.17, 15) is 8.78 Å². The van der Waals surface area contributed by atoms with Crippen LogP contribution in [0.3, 0.4) is 0 Å². The van der Waals surface area contributed by atoms with Crippen LogP contribution in [0.5, 0.6) is 0 Å². The number of likely N-dealkylation sites (tertiary alicyclic amines) is 1. The van der Waals surface area contributed by atoms with Crippen LogP contribution in [0, 0.1) is 11.6 Å². The van der Waals surface area contributed by atoms with Gasteiger partial charge >= 0.3 is 0 Å². The lowest BCUT2D eigenvalue weighted by molar-refractivity contribution is 0.0268. The van der Waals surface area contributed by atoms with Crippen molar-refractivity contribution in [2.45, 2.75) is 31.4 Å². The van der Waals surface area contributed by atoms with E-state index in [0.29, 0.717) is 38.0 Å². The van der Waals surface area contributed by atoms with Crippen molar-refractivity contribution in [2.24, 2.45) is 5.90 Å². The molecule has 2 atom stereocenters. The van der Waals surface area contributed by atoms with Crippen LogP contribution < -0.4 is 5.90 Å². The number of aromatic nitrogens is 1. The van der Waals surface area contributed by atoms with Gasteiger partial charge in [0, 0.05) is 25.8 Å². The summed E-state index contributed by atoms with van der Waals surface area (Å²) in [7, 11) is 0. The Labute approximate surface area is 140 Å². The Hall–Kier alpha value is -1.89. The highest BCUT2D eigenvalue weighted by atomic mass is 19.2. The third-order valence-corrected chi connectivity index (χ3v) is 4.50. The van der Waals surface area contributed by atoms with Crippen LogP contribution in [0.2, 0.25) is 0 Å². The summed E-state index contributed by atoms with van der Waals surface area (Å²) in [6.45, 7) is 1.87. The van der Waals surface area contributed by atoms with Crippen molar-refractivity contribution in [2.75, 3.05) is 13.1 Å². The van der Waals surface area contributed by atoms with Crippen LogP contribution in [0.1, 0.15) is 30.0 Å². The minimum absolute atomic E-state index is 0.107. The molecule has 2 heterocycles. The molecule has 0 radical (unpaired) electrons. The van der Waals surface area contributed by atoms with Crippen molar-refractivity contribution in [1.82, 2.24) is 9.88 Å². The van der Waals surface area contributed by atoms with Gasteiger partial charge in [-0.25, -0.2) is 14.7 Å². The molecular weight excluding hydrogens is 312 g/mol. The summed E-state index contributed by atoms with van der Waals surface area (Å²) in [5.41, 5.74) is 1.34. The van der Waals surface area contributed by atoms with Gasteiger partial charge in [0.1, 0.15) is 0 Å². The predicted molar refractivity (Wildman–Crippen MR) is 86.9 cm³/mol. The van der Waals surface area contributed by atoms with Crippen molar-refractivity contribution in [1.29, 1.82) is 0 Å². The highest BCUT2D eigenvalue weighted by molar-refractivity contribution is 5.24. The highest BCUT2D eigenvalue weighted by Gasteiger charge is 2.28. The molecular formula is C18H21F2N3O. The summed E-state index contributed by atoms with van der Waals surface area (Å²) in [5, 5.41) is 0. The second kappa shape index (κ2) is 7.79. The molecule has 0 aliphatic carbocycles. The van der Waals surface area contributed by atoms with E-state index in [1.54, 1.807) is 18.3 Å². The zero-order valence-corrected chi connectivity index (χ0v) is 13.4. The van der Waals surface area contributed by atoms with Crippen molar-refractivity contribution in [3.8, 4) is 0 Å². The fraction of sp³-hybridized carbons (Fsp3) is 0.389. The van der Waals surface area contributed by atoms with Gasteiger partial charge in [0.05, 0.1) is 11.8 Å². The maximum atomic E-state index is 14.2. The first-order valence-corrected chi connectivity index (χ1v) is 8.09. The predicted octanol–water partition coefficient (Wildman–Crippen LogP) is 3.00. The van der Waals surface area contributed by atoms with E-state index in [0.717, 1.165) is 11.8 Å². The summed E-state index contributed by atoms with van der Waals surface area (Å²) in [5.74, 6) is 3.72. The number of pyridine rings is 1. The first kappa shape index (κ1) is 17.0. The Balaban J connectivity index is 1.81. The first-order valence-electron chi connectivity index (χ1n) is 8.09. The van der Waals surface area contributed by atoms with Gasteiger partial charge in [-0.1, -0.05) is 18.2 Å². The van der Waals surface area contributed by atoms with Gasteiger partial charge in [-0.3, -0.25) is 14.7 Å². The molecule has 1 fully saturated rings. The van der Waals surface area contributed by atoms with Gasteiger partial charge in [-0.2, -0.15) is 0 Å². The van der Waals surface area contributed by atoms with Crippen LogP contribution in [0.25, 0.3) is 0 Å². The topological polar surface area (TPSA) is 51.4 Å². The second-order valence-electron chi connectivity index (χ2n) is 6.19. The molecule has 1 aliphatic heterocycles. The average molecular weight is 333 g/mol. The minimum Gasteiger partial charge on any atom is -0.300 e. The zero-order valence-electron chi connectivity index (χ0n) is 13.4. The lowest BCUT2D eigenvalue weighted by Crippen LogP contribution is -2.34. The third-order valence-electron chi connectivity index (χ3n) is 4.50. The normalized spacial score (nSPS) is 22.3. The molecule has 24 heavy (non-hydrogen) atoms. The molecule has 0 saturated carbocycles. The summed E-state index contributed by atoms with van der Waals surface area (Å²) >= 11 is 0. The van der Waals surface area contributed by atoms with E-state index in [4.69, 9.17) is 10.7 Å². The van der Waals surface area contributed by atoms with Gasteiger partial charge in [0.15, 0.2) is 11.6 Å². The molecule has 1 aromatic carbocycles. The van der Waals surface area contributed by atoms with Crippen molar-refractivity contribution in [3.05, 3.63) is 65.5 Å². The van der Waals surface area contributed by atoms with E-state index < -0.39 is 11.6 Å². The molecule has 1 aromatic heterocycles. The number of hydrogen-bond donors (Lipinski definition) is 1. The summed E-state index contributed by atoms with van der Waals surface area (Å²) in [6, 6.07) is 10.1. The SMILES string of the molecule is NO[C@@H]1CC[C@@H](c2cccc(F)c2F)CN(Cc2ccccn2)C1. The van der Waals surface area contributed by atoms with Crippen LogP contribution in [0.15, 0.2) is 42.6 Å². The molecule has 4 nitrogen and oxygen atoms in total. The van der Waals surface area contributed by atoms with Crippen LogP contribution in [-0.4, -0.2) is 29.1 Å². The van der Waals surface area contributed by atoms with E-state index in [1.807, 2.05) is 18.2 Å². The Morgan fingerprint density at radius 2 is 2.00 bits per heavy atom. The van der Waals surface area contributed by atoms with E-state index >= 15 is 0 Å². The minimum atomic E-state index is -0.806. The number of nitrogens with two attached hydrogens (primary N) is 1. The molecule has 2 aromatic rings. The van der Waals surface area contributed by atoms with Crippen LogP contribution in [0.4, 0.5) is 8.78 Å². The molecule has 128 valence electrons. The smallest absolute Gasteiger partial charge is 0.162 e. The fourth-order valence-corrected chi connectivity index (χ4v) is 3.29. The zero-order chi connectivity index (χ0) is 16.9. The summed E-state index contributed by atoms with van der Waals surface area (Å²) in [6.07, 6.45) is 3.01. The Morgan fingerprint density at radius 3 is 2.75 bits per heavy atom. The summed E-state index contributed by atoms with van der Waals surface area (Å²) < 4.78 is 27.8. The number of benzene rings is 1. The van der Waals surface area contributed by atoms with Gasteiger partial charge in [0.2, 0.25) is 0 Å². The van der Waals surface area contributed by atoms with E-state index in [1.165, 1.54) is 0 Å². The van der Waals surface area contributed by atoms with Crippen molar-refractivity contribution in [3.63, 3.8) is 0 Å². The van der Waals surface area contributed by atoms with Gasteiger partial charge < -0.3 is 0 Å². The molecule has 0 amide bonds. The molecule has 0 bridgehead atoms. The maximum absolute atomic E-state index is 14.2. The van der Waals surface area contributed by atoms with Gasteiger partial charge in [-0.05, 0) is 42.5 Å². The standard InChI is InChI=1S/C18H21F2N3O/c19-17-6-3-5-16(18(17)20)13-7-8-15(24-21)12-23(10-13)11-14-4-1-2-9-22-14/h1-6,9,13,15H,7-8,10-12,21H2/t13-,15-/m1/s1. The molecule has 1 saturated heterocycles. The third kappa shape index (κ3) is 3.95. The Bertz CT molecular complexity index is 669. The first-order chi connectivity index (χ1) is 11.7. The second-order valence-corrected chi connectivity index (χ2v) is 6.19. The highest BCUT2D eigenvalue weighted by Crippen LogP contribution is 2.30. The fourth-order valence-electron chi connectivity index (χ4n) is 3.29. The number of nitrogens with zero attached hydrogens (tertiary/aromatic N) is 2. The van der Waals surface area contributed by atoms with E-state index in [-0.39, 0.29) is 12.0 Å². The largest absolute Gasteiger partial charge is 0.300 e. The van der Waals surface area contributed by atoms with E-state index in [2.05, 4.69) is 9.88 Å². The summed E-state index contributed by atoms with van der Waals surface area (Å²) in [4.78, 5) is 11.5. The van der Waals surface area contributed by atoms with Crippen molar-refractivity contribution >= 4 is 0 Å². The monoisotopic (exact) mass is 333 g/mol. The lowest BCUT2D eigenvalue weighted by atomic mass is 9.93. The molecule has 0 spiro atoms. The molecule has 6 heteroatoms. The molecule has 2 N–H and O–H groups in total. The van der Waals surface area contributed by atoms with Gasteiger partial charge in [0.25, 0.3) is 0 Å². The maximum Gasteiger partial charge on any atom is 0.162 e. The van der Waals surface area contributed by atoms with Crippen molar-refractivity contribution < 1.29 is 13.6 Å². The quantitative estimate of drug-likeness (QED) is 0.874. The number of rotatable bonds is 4. The number of halogens is 2. The van der Waals surface area contributed by atoms with Gasteiger partial charge in [-0.15, -0.1) is 0 Å². The van der Waals surface area contributed by atoms with Crippen LogP contribution in [-0.2, 0) is 11.4 Å². The lowest BCUT2D eigenvalue weighted by Gasteiger charge is -2.25. The Kier molecular flexibility index (Phi) is 5.50. The average Bonchev–Trinajstić information content (AvgIpc) is 2.80. The molecule has 0 unspecified atom stereocenters. The number of hydrogen-bond acceptors (Lipinski definition) is 4. The Morgan fingerprint density at radius 1 is 1.12 bits per heavy atom. The van der Waals surface area contributed by atoms with Crippen LogP contribution >= 0.6 is 0 Å². The molecule has 1 aliphatic rings.